The molecule has 0 fully saturated rings. The van der Waals surface area contributed by atoms with Crippen LogP contribution in [0.2, 0.25) is 0 Å². The Morgan fingerprint density at radius 1 is 0.487 bits per heavy atom. The van der Waals surface area contributed by atoms with E-state index in [0.717, 1.165) is 39.0 Å². The summed E-state index contributed by atoms with van der Waals surface area (Å²) in [5.74, 6) is 1.68. The van der Waals surface area contributed by atoms with Gasteiger partial charge in [-0.3, -0.25) is 4.98 Å². The van der Waals surface area contributed by atoms with Gasteiger partial charge in [0.15, 0.2) is 17.5 Å². The van der Waals surface area contributed by atoms with E-state index in [-0.39, 0.29) is 0 Å². The van der Waals surface area contributed by atoms with Crippen molar-refractivity contribution in [2.45, 2.75) is 0 Å². The largest absolute Gasteiger partial charge is 0.251 e. The molecule has 0 bridgehead atoms. The zero-order chi connectivity index (χ0) is 26.0. The predicted molar refractivity (Wildman–Crippen MR) is 152 cm³/mol. The highest BCUT2D eigenvalue weighted by molar-refractivity contribution is 5.76. The number of rotatable bonds is 5. The van der Waals surface area contributed by atoms with Gasteiger partial charge in [-0.05, 0) is 41.5 Å². The second-order valence-corrected chi connectivity index (χ2v) is 9.01. The molecule has 0 aliphatic carbocycles. The van der Waals surface area contributed by atoms with Crippen LogP contribution in [0.5, 0.6) is 0 Å². The van der Waals surface area contributed by atoms with Crippen LogP contribution in [-0.2, 0) is 0 Å². The summed E-state index contributed by atoms with van der Waals surface area (Å²) >= 11 is 0. The van der Waals surface area contributed by atoms with Gasteiger partial charge in [0, 0.05) is 11.1 Å². The number of fused-ring (bicyclic) bond motifs is 1. The fourth-order valence-electron chi connectivity index (χ4n) is 4.51. The minimum absolute atomic E-state index is 0.499. The van der Waals surface area contributed by atoms with Gasteiger partial charge >= 0.3 is 0 Å². The first kappa shape index (κ1) is 22.6. The van der Waals surface area contributed by atoms with E-state index >= 15 is 0 Å². The minimum Gasteiger partial charge on any atom is -0.251 e. The van der Waals surface area contributed by atoms with Crippen molar-refractivity contribution in [2.75, 3.05) is 0 Å². The van der Waals surface area contributed by atoms with Crippen molar-refractivity contribution in [3.05, 3.63) is 128 Å². The molecule has 7 nitrogen and oxygen atoms in total. The Balaban J connectivity index is 1.32. The third-order valence-corrected chi connectivity index (χ3v) is 6.47. The van der Waals surface area contributed by atoms with Crippen molar-refractivity contribution < 1.29 is 0 Å². The van der Waals surface area contributed by atoms with Crippen molar-refractivity contribution in [1.29, 1.82) is 0 Å². The molecule has 0 N–H and O–H groups in total. The van der Waals surface area contributed by atoms with Gasteiger partial charge in [0.2, 0.25) is 0 Å². The second kappa shape index (κ2) is 9.72. The summed E-state index contributed by atoms with van der Waals surface area (Å²) in [6.45, 7) is 0. The first-order valence-electron chi connectivity index (χ1n) is 12.6. The molecule has 0 aliphatic rings. The molecule has 3 aromatic heterocycles. The van der Waals surface area contributed by atoms with Crippen LogP contribution in [0.1, 0.15) is 0 Å². The summed E-state index contributed by atoms with van der Waals surface area (Å²) in [5.41, 5.74) is 7.24. The van der Waals surface area contributed by atoms with Gasteiger partial charge in [0.05, 0.1) is 17.4 Å². The molecule has 3 heterocycles. The van der Waals surface area contributed by atoms with Crippen LogP contribution in [0.4, 0.5) is 0 Å². The molecule has 0 amide bonds. The van der Waals surface area contributed by atoms with Crippen LogP contribution in [0.3, 0.4) is 0 Å². The van der Waals surface area contributed by atoms with E-state index in [1.165, 1.54) is 0 Å². The van der Waals surface area contributed by atoms with Gasteiger partial charge in [0.1, 0.15) is 11.2 Å². The molecule has 0 saturated heterocycles. The van der Waals surface area contributed by atoms with Gasteiger partial charge < -0.3 is 0 Å². The standard InChI is InChI=1S/C32H21N7/c1-3-10-22(11-4-1)24-14-9-15-25(20-24)31-34-30(23-12-5-2-6-13-23)35-32(36-31)28-19-18-26(21-33-28)39-29-17-8-7-16-27(29)37-38-39/h1-21H. The van der Waals surface area contributed by atoms with E-state index in [1.807, 2.05) is 97.1 Å². The van der Waals surface area contributed by atoms with Gasteiger partial charge in [-0.1, -0.05) is 96.2 Å². The quantitative estimate of drug-likeness (QED) is 0.261. The number of aromatic nitrogens is 7. The fraction of sp³-hybridized carbons (Fsp3) is 0. The van der Waals surface area contributed by atoms with Crippen LogP contribution in [0.15, 0.2) is 128 Å². The molecule has 184 valence electrons. The number of para-hydroxylation sites is 1. The van der Waals surface area contributed by atoms with Gasteiger partial charge in [-0.15, -0.1) is 5.10 Å². The Kier molecular flexibility index (Phi) is 5.64. The number of hydrogen-bond donors (Lipinski definition) is 0. The summed E-state index contributed by atoms with van der Waals surface area (Å²) < 4.78 is 1.77. The average Bonchev–Trinajstić information content (AvgIpc) is 3.46. The van der Waals surface area contributed by atoms with E-state index in [0.29, 0.717) is 23.2 Å². The number of nitrogens with zero attached hydrogens (tertiary/aromatic N) is 7. The maximum atomic E-state index is 4.86. The lowest BCUT2D eigenvalue weighted by Gasteiger charge is -2.10. The Hall–Kier alpha value is -5.56. The molecule has 7 heteroatoms. The van der Waals surface area contributed by atoms with Gasteiger partial charge in [-0.25, -0.2) is 19.6 Å². The second-order valence-electron chi connectivity index (χ2n) is 9.01. The zero-order valence-corrected chi connectivity index (χ0v) is 20.8. The van der Waals surface area contributed by atoms with E-state index in [2.05, 4.69) is 34.6 Å². The maximum absolute atomic E-state index is 4.86. The monoisotopic (exact) mass is 503 g/mol. The lowest BCUT2D eigenvalue weighted by atomic mass is 10.0. The van der Waals surface area contributed by atoms with E-state index in [9.17, 15) is 0 Å². The summed E-state index contributed by atoms with van der Waals surface area (Å²) in [6.07, 6.45) is 1.76. The van der Waals surface area contributed by atoms with Crippen LogP contribution in [-0.4, -0.2) is 34.9 Å². The number of benzene rings is 4. The lowest BCUT2D eigenvalue weighted by Crippen LogP contribution is -2.02. The van der Waals surface area contributed by atoms with E-state index in [1.54, 1.807) is 10.9 Å². The number of pyridine rings is 1. The maximum Gasteiger partial charge on any atom is 0.182 e. The van der Waals surface area contributed by atoms with Crippen molar-refractivity contribution in [3.8, 4) is 51.1 Å². The first-order valence-corrected chi connectivity index (χ1v) is 12.6. The van der Waals surface area contributed by atoms with Crippen LogP contribution in [0.25, 0.3) is 62.1 Å². The van der Waals surface area contributed by atoms with Crippen molar-refractivity contribution in [1.82, 2.24) is 34.9 Å². The van der Waals surface area contributed by atoms with Crippen molar-refractivity contribution in [2.24, 2.45) is 0 Å². The van der Waals surface area contributed by atoms with Gasteiger partial charge in [0.25, 0.3) is 0 Å². The Bertz CT molecular complexity index is 1900. The fourth-order valence-corrected chi connectivity index (χ4v) is 4.51. The molecule has 4 aromatic carbocycles. The van der Waals surface area contributed by atoms with Crippen molar-refractivity contribution >= 4 is 11.0 Å². The molecular formula is C32H21N7. The molecule has 0 atom stereocenters. The summed E-state index contributed by atoms with van der Waals surface area (Å²) in [4.78, 5) is 19.2. The molecule has 7 aromatic rings. The SMILES string of the molecule is c1ccc(-c2cccc(-c3nc(-c4ccccc4)nc(-c4ccc(-n5nnc6ccccc65)cn4)n3)c2)cc1. The topological polar surface area (TPSA) is 82.3 Å². The first-order chi connectivity index (χ1) is 19.3. The average molecular weight is 504 g/mol. The highest BCUT2D eigenvalue weighted by atomic mass is 15.4. The van der Waals surface area contributed by atoms with E-state index < -0.39 is 0 Å². The molecule has 0 spiro atoms. The Morgan fingerprint density at radius 2 is 1.13 bits per heavy atom. The molecule has 39 heavy (non-hydrogen) atoms. The smallest absolute Gasteiger partial charge is 0.182 e. The molecule has 7 rings (SSSR count). The van der Waals surface area contributed by atoms with Gasteiger partial charge in [-0.2, -0.15) is 0 Å². The molecule has 0 unspecified atom stereocenters. The molecular weight excluding hydrogens is 482 g/mol. The predicted octanol–water partition coefficient (Wildman–Crippen LogP) is 6.67. The Morgan fingerprint density at radius 3 is 1.90 bits per heavy atom. The van der Waals surface area contributed by atoms with Crippen molar-refractivity contribution in [3.63, 3.8) is 0 Å². The summed E-state index contributed by atoms with van der Waals surface area (Å²) in [5, 5.41) is 8.54. The van der Waals surface area contributed by atoms with Crippen LogP contribution >= 0.6 is 0 Å². The number of hydrogen-bond acceptors (Lipinski definition) is 6. The normalized spacial score (nSPS) is 11.1. The minimum atomic E-state index is 0.499. The molecule has 0 radical (unpaired) electrons. The van der Waals surface area contributed by atoms with Crippen LogP contribution in [0, 0.1) is 0 Å². The highest BCUT2D eigenvalue weighted by Crippen LogP contribution is 2.28. The van der Waals surface area contributed by atoms with Crippen LogP contribution < -0.4 is 0 Å². The summed E-state index contributed by atoms with van der Waals surface area (Å²) in [7, 11) is 0. The third-order valence-electron chi connectivity index (χ3n) is 6.47. The molecule has 0 aliphatic heterocycles. The zero-order valence-electron chi connectivity index (χ0n) is 20.8. The molecule has 0 saturated carbocycles. The Labute approximate surface area is 224 Å². The van der Waals surface area contributed by atoms with E-state index in [4.69, 9.17) is 19.9 Å². The lowest BCUT2D eigenvalue weighted by molar-refractivity contribution is 0.820. The third kappa shape index (κ3) is 4.42. The summed E-state index contributed by atoms with van der Waals surface area (Å²) in [6, 6.07) is 40.1. The highest BCUT2D eigenvalue weighted by Gasteiger charge is 2.14.